The van der Waals surface area contributed by atoms with Crippen molar-refractivity contribution in [1.82, 2.24) is 14.7 Å². The van der Waals surface area contributed by atoms with Gasteiger partial charge in [-0.05, 0) is 50.1 Å². The fourth-order valence-corrected chi connectivity index (χ4v) is 4.59. The molecule has 3 fully saturated rings. The fourth-order valence-electron chi connectivity index (χ4n) is 4.59. The van der Waals surface area contributed by atoms with Crippen molar-refractivity contribution in [3.05, 3.63) is 29.8 Å². The molecule has 4 rings (SSSR count). The maximum Gasteiger partial charge on any atom is 0.254 e. The van der Waals surface area contributed by atoms with Gasteiger partial charge in [-0.15, -0.1) is 0 Å². The zero-order valence-corrected chi connectivity index (χ0v) is 18.5. The summed E-state index contributed by atoms with van der Waals surface area (Å²) in [5.74, 6) is 1.97. The SMILES string of the molecule is CC(C)[C@H]1CN(C)CCN1C(=O)c1ccc(OC2CCN(C(=O)C3CC3)CC2)cc1. The van der Waals surface area contributed by atoms with Crippen molar-refractivity contribution in [1.29, 1.82) is 0 Å². The van der Waals surface area contributed by atoms with Crippen LogP contribution in [0.2, 0.25) is 0 Å². The third kappa shape index (κ3) is 4.80. The Hall–Kier alpha value is -2.08. The van der Waals surface area contributed by atoms with Crippen LogP contribution in [0.5, 0.6) is 5.75 Å². The Morgan fingerprint density at radius 2 is 1.63 bits per heavy atom. The van der Waals surface area contributed by atoms with E-state index in [1.807, 2.05) is 34.1 Å². The van der Waals surface area contributed by atoms with Crippen LogP contribution in [-0.4, -0.2) is 78.4 Å². The van der Waals surface area contributed by atoms with E-state index in [0.29, 0.717) is 17.7 Å². The Morgan fingerprint density at radius 3 is 2.23 bits per heavy atom. The smallest absolute Gasteiger partial charge is 0.254 e. The van der Waals surface area contributed by atoms with Gasteiger partial charge in [-0.3, -0.25) is 9.59 Å². The molecule has 164 valence electrons. The monoisotopic (exact) mass is 413 g/mol. The van der Waals surface area contributed by atoms with Gasteiger partial charge in [0.15, 0.2) is 0 Å². The Bertz CT molecular complexity index is 751. The van der Waals surface area contributed by atoms with Crippen molar-refractivity contribution in [2.75, 3.05) is 39.8 Å². The summed E-state index contributed by atoms with van der Waals surface area (Å²) in [6.07, 6.45) is 4.00. The molecule has 6 heteroatoms. The molecule has 2 heterocycles. The van der Waals surface area contributed by atoms with E-state index in [9.17, 15) is 9.59 Å². The molecule has 1 atom stereocenters. The van der Waals surface area contributed by atoms with E-state index < -0.39 is 0 Å². The van der Waals surface area contributed by atoms with E-state index >= 15 is 0 Å². The zero-order valence-electron chi connectivity index (χ0n) is 18.5. The summed E-state index contributed by atoms with van der Waals surface area (Å²) in [6.45, 7) is 8.56. The van der Waals surface area contributed by atoms with Crippen molar-refractivity contribution in [3.8, 4) is 5.75 Å². The maximum atomic E-state index is 13.1. The molecular weight excluding hydrogens is 378 g/mol. The minimum atomic E-state index is 0.111. The lowest BCUT2D eigenvalue weighted by Gasteiger charge is -2.42. The number of carbonyl (C=O) groups excluding carboxylic acids is 2. The van der Waals surface area contributed by atoms with Crippen molar-refractivity contribution in [2.24, 2.45) is 11.8 Å². The number of amides is 2. The van der Waals surface area contributed by atoms with E-state index in [-0.39, 0.29) is 18.1 Å². The number of piperidine rings is 1. The molecule has 1 aromatic rings. The van der Waals surface area contributed by atoms with Crippen LogP contribution in [0.1, 0.15) is 49.9 Å². The van der Waals surface area contributed by atoms with Crippen LogP contribution in [0, 0.1) is 11.8 Å². The van der Waals surface area contributed by atoms with Crippen LogP contribution in [-0.2, 0) is 4.79 Å². The third-order valence-corrected chi connectivity index (χ3v) is 6.74. The molecule has 1 aromatic carbocycles. The number of ether oxygens (including phenoxy) is 1. The average Bonchev–Trinajstić information content (AvgIpc) is 3.59. The van der Waals surface area contributed by atoms with Crippen LogP contribution in [0.25, 0.3) is 0 Å². The standard InChI is InChI=1S/C24H35N3O3/c1-17(2)22-16-25(3)14-15-27(22)24(29)19-6-8-20(9-7-19)30-21-10-12-26(13-11-21)23(28)18-4-5-18/h6-9,17-18,21-22H,4-5,10-16H2,1-3H3/t22-/m1/s1. The molecule has 1 saturated carbocycles. The number of benzene rings is 1. The molecule has 3 aliphatic rings. The van der Waals surface area contributed by atoms with Gasteiger partial charge < -0.3 is 19.4 Å². The van der Waals surface area contributed by atoms with Gasteiger partial charge in [-0.25, -0.2) is 0 Å². The first-order valence-corrected chi connectivity index (χ1v) is 11.5. The lowest BCUT2D eigenvalue weighted by Crippen LogP contribution is -2.56. The lowest BCUT2D eigenvalue weighted by molar-refractivity contribution is -0.134. The summed E-state index contributed by atoms with van der Waals surface area (Å²) in [5, 5.41) is 0. The molecule has 30 heavy (non-hydrogen) atoms. The molecule has 6 nitrogen and oxygen atoms in total. The number of rotatable bonds is 5. The highest BCUT2D eigenvalue weighted by atomic mass is 16.5. The fraction of sp³-hybridized carbons (Fsp3) is 0.667. The Morgan fingerprint density at radius 1 is 0.967 bits per heavy atom. The second-order valence-corrected chi connectivity index (χ2v) is 9.51. The number of likely N-dealkylation sites (N-methyl/N-ethyl adjacent to an activating group) is 1. The van der Waals surface area contributed by atoms with E-state index in [0.717, 1.165) is 69.7 Å². The normalized spacial score (nSPS) is 23.7. The van der Waals surface area contributed by atoms with Gasteiger partial charge in [0.25, 0.3) is 5.91 Å². The number of carbonyl (C=O) groups is 2. The molecule has 0 radical (unpaired) electrons. The van der Waals surface area contributed by atoms with Gasteiger partial charge in [0.05, 0.1) is 0 Å². The lowest BCUT2D eigenvalue weighted by atomic mass is 9.98. The molecule has 2 amide bonds. The maximum absolute atomic E-state index is 13.1. The first kappa shape index (κ1) is 21.2. The van der Waals surface area contributed by atoms with Gasteiger partial charge in [-0.2, -0.15) is 0 Å². The number of piperazine rings is 1. The Labute approximate surface area is 180 Å². The van der Waals surface area contributed by atoms with Crippen molar-refractivity contribution in [2.45, 2.75) is 51.7 Å². The minimum absolute atomic E-state index is 0.111. The van der Waals surface area contributed by atoms with Gasteiger partial charge in [0, 0.05) is 63.1 Å². The highest BCUT2D eigenvalue weighted by Crippen LogP contribution is 2.32. The molecule has 2 aliphatic heterocycles. The van der Waals surface area contributed by atoms with Crippen molar-refractivity contribution in [3.63, 3.8) is 0 Å². The molecule has 2 saturated heterocycles. The van der Waals surface area contributed by atoms with Gasteiger partial charge >= 0.3 is 0 Å². The molecule has 0 aromatic heterocycles. The predicted octanol–water partition coefficient (Wildman–Crippen LogP) is 2.88. The largest absolute Gasteiger partial charge is 0.490 e. The predicted molar refractivity (Wildman–Crippen MR) is 117 cm³/mol. The average molecular weight is 414 g/mol. The van der Waals surface area contributed by atoms with E-state index in [1.165, 1.54) is 0 Å². The van der Waals surface area contributed by atoms with Crippen molar-refractivity contribution >= 4 is 11.8 Å². The Balaban J connectivity index is 1.31. The number of hydrogen-bond donors (Lipinski definition) is 0. The van der Waals surface area contributed by atoms with Crippen molar-refractivity contribution < 1.29 is 14.3 Å². The van der Waals surface area contributed by atoms with Crippen LogP contribution in [0.4, 0.5) is 0 Å². The zero-order chi connectivity index (χ0) is 21.3. The molecular formula is C24H35N3O3. The molecule has 0 unspecified atom stereocenters. The number of hydrogen-bond acceptors (Lipinski definition) is 4. The number of likely N-dealkylation sites (tertiary alicyclic amines) is 1. The summed E-state index contributed by atoms with van der Waals surface area (Å²) < 4.78 is 6.14. The first-order valence-electron chi connectivity index (χ1n) is 11.5. The van der Waals surface area contributed by atoms with E-state index in [1.54, 1.807) is 0 Å². The third-order valence-electron chi connectivity index (χ3n) is 6.74. The molecule has 0 N–H and O–H groups in total. The summed E-state index contributed by atoms with van der Waals surface area (Å²) in [4.78, 5) is 31.6. The molecule has 1 aliphatic carbocycles. The minimum Gasteiger partial charge on any atom is -0.490 e. The van der Waals surface area contributed by atoms with Gasteiger partial charge in [-0.1, -0.05) is 13.8 Å². The van der Waals surface area contributed by atoms with Crippen LogP contribution < -0.4 is 4.74 Å². The molecule has 0 spiro atoms. The van der Waals surface area contributed by atoms with E-state index in [2.05, 4.69) is 25.8 Å². The number of nitrogens with zero attached hydrogens (tertiary/aromatic N) is 3. The Kier molecular flexibility index (Phi) is 6.32. The van der Waals surface area contributed by atoms with Crippen LogP contribution in [0.3, 0.4) is 0 Å². The van der Waals surface area contributed by atoms with Crippen LogP contribution >= 0.6 is 0 Å². The second-order valence-electron chi connectivity index (χ2n) is 9.51. The van der Waals surface area contributed by atoms with Gasteiger partial charge in [0.2, 0.25) is 5.91 Å². The van der Waals surface area contributed by atoms with Crippen LogP contribution in [0.15, 0.2) is 24.3 Å². The topological polar surface area (TPSA) is 53.1 Å². The second kappa shape index (κ2) is 8.96. The quantitative estimate of drug-likeness (QED) is 0.745. The first-order chi connectivity index (χ1) is 14.4. The summed E-state index contributed by atoms with van der Waals surface area (Å²) in [6, 6.07) is 7.85. The summed E-state index contributed by atoms with van der Waals surface area (Å²) >= 11 is 0. The van der Waals surface area contributed by atoms with Gasteiger partial charge in [0.1, 0.15) is 11.9 Å². The summed E-state index contributed by atoms with van der Waals surface area (Å²) in [7, 11) is 2.12. The molecule has 0 bridgehead atoms. The highest BCUT2D eigenvalue weighted by Gasteiger charge is 2.35. The summed E-state index contributed by atoms with van der Waals surface area (Å²) in [5.41, 5.74) is 0.724. The highest BCUT2D eigenvalue weighted by molar-refractivity contribution is 5.94. The van der Waals surface area contributed by atoms with E-state index in [4.69, 9.17) is 4.74 Å².